The zero-order chi connectivity index (χ0) is 20.9. The highest BCUT2D eigenvalue weighted by Gasteiger charge is 2.26. The Morgan fingerprint density at radius 1 is 0.967 bits per heavy atom. The SMILES string of the molecule is CN1CCCc2cc(C(CNC(=O)C(=O)Nc3ccccc3)N3CCCC3)ccc21. The molecule has 2 aromatic rings. The van der Waals surface area contributed by atoms with Crippen molar-refractivity contribution in [2.75, 3.05) is 43.4 Å². The summed E-state index contributed by atoms with van der Waals surface area (Å²) in [5, 5.41) is 5.51. The number of likely N-dealkylation sites (tertiary alicyclic amines) is 1. The van der Waals surface area contributed by atoms with Crippen LogP contribution in [0.2, 0.25) is 0 Å². The molecule has 1 atom stereocenters. The number of fused-ring (bicyclic) bond motifs is 1. The number of hydrogen-bond acceptors (Lipinski definition) is 4. The highest BCUT2D eigenvalue weighted by atomic mass is 16.2. The third kappa shape index (κ3) is 4.65. The Balaban J connectivity index is 1.45. The number of carbonyl (C=O) groups excluding carboxylic acids is 2. The molecule has 0 spiro atoms. The van der Waals surface area contributed by atoms with E-state index in [-0.39, 0.29) is 6.04 Å². The second kappa shape index (κ2) is 9.30. The Kier molecular flexibility index (Phi) is 6.33. The quantitative estimate of drug-likeness (QED) is 0.750. The van der Waals surface area contributed by atoms with Crippen molar-refractivity contribution in [2.45, 2.75) is 31.7 Å². The lowest BCUT2D eigenvalue weighted by Crippen LogP contribution is -2.41. The van der Waals surface area contributed by atoms with E-state index in [0.29, 0.717) is 12.2 Å². The van der Waals surface area contributed by atoms with Crippen molar-refractivity contribution in [3.8, 4) is 0 Å². The van der Waals surface area contributed by atoms with Crippen LogP contribution in [-0.2, 0) is 16.0 Å². The molecule has 4 rings (SSSR count). The predicted octanol–water partition coefficient (Wildman–Crippen LogP) is 2.96. The number of benzene rings is 2. The van der Waals surface area contributed by atoms with E-state index in [1.54, 1.807) is 12.1 Å². The number of carbonyl (C=O) groups is 2. The second-order valence-electron chi connectivity index (χ2n) is 8.20. The van der Waals surface area contributed by atoms with Crippen LogP contribution in [-0.4, -0.2) is 49.9 Å². The van der Waals surface area contributed by atoms with Crippen molar-refractivity contribution in [3.63, 3.8) is 0 Å². The number of nitrogens with zero attached hydrogens (tertiary/aromatic N) is 2. The van der Waals surface area contributed by atoms with E-state index in [1.165, 1.54) is 29.7 Å². The molecule has 158 valence electrons. The molecule has 2 aliphatic heterocycles. The van der Waals surface area contributed by atoms with E-state index in [0.717, 1.165) is 32.5 Å². The summed E-state index contributed by atoms with van der Waals surface area (Å²) in [5.74, 6) is -1.23. The van der Waals surface area contributed by atoms with Crippen molar-refractivity contribution >= 4 is 23.2 Å². The normalized spacial score (nSPS) is 17.3. The molecule has 0 radical (unpaired) electrons. The molecule has 1 fully saturated rings. The molecule has 0 aromatic heterocycles. The summed E-state index contributed by atoms with van der Waals surface area (Å²) in [5.41, 5.74) is 4.51. The van der Waals surface area contributed by atoms with Gasteiger partial charge in [-0.05, 0) is 68.1 Å². The maximum Gasteiger partial charge on any atom is 0.313 e. The van der Waals surface area contributed by atoms with Crippen LogP contribution in [0.25, 0.3) is 0 Å². The Morgan fingerprint density at radius 2 is 1.73 bits per heavy atom. The Labute approximate surface area is 178 Å². The van der Waals surface area contributed by atoms with Crippen LogP contribution >= 0.6 is 0 Å². The van der Waals surface area contributed by atoms with Gasteiger partial charge in [-0.2, -0.15) is 0 Å². The molecule has 0 saturated carbocycles. The van der Waals surface area contributed by atoms with Gasteiger partial charge in [0.05, 0.1) is 6.04 Å². The summed E-state index contributed by atoms with van der Waals surface area (Å²) in [6, 6.07) is 15.8. The fraction of sp³-hybridized carbons (Fsp3) is 0.417. The minimum atomic E-state index is -0.631. The Hall–Kier alpha value is -2.86. The van der Waals surface area contributed by atoms with Gasteiger partial charge in [0.1, 0.15) is 0 Å². The largest absolute Gasteiger partial charge is 0.374 e. The Morgan fingerprint density at radius 3 is 2.50 bits per heavy atom. The molecule has 0 bridgehead atoms. The number of amides is 2. The number of nitrogens with one attached hydrogen (secondary N) is 2. The van der Waals surface area contributed by atoms with Crippen molar-refractivity contribution in [2.24, 2.45) is 0 Å². The molecular weight excluding hydrogens is 376 g/mol. The zero-order valence-corrected chi connectivity index (χ0v) is 17.6. The van der Waals surface area contributed by atoms with Gasteiger partial charge >= 0.3 is 11.8 Å². The minimum absolute atomic E-state index is 0.0820. The summed E-state index contributed by atoms with van der Waals surface area (Å²) in [6.07, 6.45) is 4.60. The first-order chi connectivity index (χ1) is 14.6. The van der Waals surface area contributed by atoms with Crippen LogP contribution in [0.15, 0.2) is 48.5 Å². The van der Waals surface area contributed by atoms with Crippen LogP contribution in [0.1, 0.15) is 36.4 Å². The van der Waals surface area contributed by atoms with Gasteiger partial charge in [0.2, 0.25) is 0 Å². The van der Waals surface area contributed by atoms with Crippen molar-refractivity contribution in [1.82, 2.24) is 10.2 Å². The predicted molar refractivity (Wildman–Crippen MR) is 120 cm³/mol. The van der Waals surface area contributed by atoms with Crippen LogP contribution in [0.3, 0.4) is 0 Å². The van der Waals surface area contributed by atoms with Crippen molar-refractivity contribution < 1.29 is 9.59 Å². The van der Waals surface area contributed by atoms with Gasteiger partial charge < -0.3 is 15.5 Å². The van der Waals surface area contributed by atoms with E-state index in [1.807, 2.05) is 18.2 Å². The van der Waals surface area contributed by atoms with Crippen molar-refractivity contribution in [1.29, 1.82) is 0 Å². The fourth-order valence-electron chi connectivity index (χ4n) is 4.50. The lowest BCUT2D eigenvalue weighted by molar-refractivity contribution is -0.136. The summed E-state index contributed by atoms with van der Waals surface area (Å²) < 4.78 is 0. The number of para-hydroxylation sites is 1. The average Bonchev–Trinajstić information content (AvgIpc) is 3.29. The zero-order valence-electron chi connectivity index (χ0n) is 17.6. The van der Waals surface area contributed by atoms with Gasteiger partial charge in [0.15, 0.2) is 0 Å². The number of hydrogen-bond donors (Lipinski definition) is 2. The number of anilines is 2. The van der Waals surface area contributed by atoms with Gasteiger partial charge in [-0.25, -0.2) is 0 Å². The monoisotopic (exact) mass is 406 g/mol. The summed E-state index contributed by atoms with van der Waals surface area (Å²) in [6.45, 7) is 3.56. The highest BCUT2D eigenvalue weighted by Crippen LogP contribution is 2.31. The third-order valence-electron chi connectivity index (χ3n) is 6.11. The van der Waals surface area contributed by atoms with E-state index in [4.69, 9.17) is 0 Å². The summed E-state index contributed by atoms with van der Waals surface area (Å²) >= 11 is 0. The first-order valence-electron chi connectivity index (χ1n) is 10.8. The molecule has 2 aliphatic rings. The van der Waals surface area contributed by atoms with Crippen LogP contribution in [0, 0.1) is 0 Å². The maximum atomic E-state index is 12.4. The number of rotatable bonds is 5. The van der Waals surface area contributed by atoms with Gasteiger partial charge in [-0.15, -0.1) is 0 Å². The van der Waals surface area contributed by atoms with Crippen LogP contribution in [0.4, 0.5) is 11.4 Å². The van der Waals surface area contributed by atoms with Crippen molar-refractivity contribution in [3.05, 3.63) is 59.7 Å². The lowest BCUT2D eigenvalue weighted by Gasteiger charge is -2.31. The minimum Gasteiger partial charge on any atom is -0.374 e. The summed E-state index contributed by atoms with van der Waals surface area (Å²) in [4.78, 5) is 29.4. The van der Waals surface area contributed by atoms with Gasteiger partial charge in [0.25, 0.3) is 0 Å². The standard InChI is InChI=1S/C24H30N4O2/c1-27-13-7-8-18-16-19(11-12-21(18)27)22(28-14-5-6-15-28)17-25-23(29)24(30)26-20-9-3-2-4-10-20/h2-4,9-12,16,22H,5-8,13-15,17H2,1H3,(H,25,29)(H,26,30). The molecule has 2 amide bonds. The molecule has 1 saturated heterocycles. The summed E-state index contributed by atoms with van der Waals surface area (Å²) in [7, 11) is 2.14. The average molecular weight is 407 g/mol. The lowest BCUT2D eigenvalue weighted by atomic mass is 9.96. The van der Waals surface area contributed by atoms with Crippen LogP contribution in [0.5, 0.6) is 0 Å². The highest BCUT2D eigenvalue weighted by molar-refractivity contribution is 6.39. The van der Waals surface area contributed by atoms with E-state index in [2.05, 4.69) is 45.7 Å². The van der Waals surface area contributed by atoms with E-state index < -0.39 is 11.8 Å². The topological polar surface area (TPSA) is 64.7 Å². The second-order valence-corrected chi connectivity index (χ2v) is 8.20. The number of aryl methyl sites for hydroxylation is 1. The first kappa shape index (κ1) is 20.4. The van der Waals surface area contributed by atoms with Gasteiger partial charge in [-0.1, -0.05) is 30.3 Å². The third-order valence-corrected chi connectivity index (χ3v) is 6.11. The van der Waals surface area contributed by atoms with Gasteiger partial charge in [0, 0.05) is 31.5 Å². The molecule has 6 heteroatoms. The van der Waals surface area contributed by atoms with E-state index >= 15 is 0 Å². The molecule has 2 aromatic carbocycles. The molecule has 2 heterocycles. The molecule has 2 N–H and O–H groups in total. The fourth-order valence-corrected chi connectivity index (χ4v) is 4.50. The molecule has 30 heavy (non-hydrogen) atoms. The van der Waals surface area contributed by atoms with E-state index in [9.17, 15) is 9.59 Å². The smallest absolute Gasteiger partial charge is 0.313 e. The molecular formula is C24H30N4O2. The molecule has 0 aliphatic carbocycles. The van der Waals surface area contributed by atoms with Gasteiger partial charge in [-0.3, -0.25) is 14.5 Å². The molecule has 1 unspecified atom stereocenters. The maximum absolute atomic E-state index is 12.4. The first-order valence-corrected chi connectivity index (χ1v) is 10.8. The Bertz CT molecular complexity index is 893. The van der Waals surface area contributed by atoms with Crippen LogP contribution < -0.4 is 15.5 Å². The molecule has 6 nitrogen and oxygen atoms in total.